The summed E-state index contributed by atoms with van der Waals surface area (Å²) in [6.07, 6.45) is 2.16. The van der Waals surface area contributed by atoms with Crippen LogP contribution < -0.4 is 4.90 Å². The normalized spacial score (nSPS) is 20.3. The Morgan fingerprint density at radius 3 is 2.88 bits per heavy atom. The third-order valence-electron chi connectivity index (χ3n) is 4.55. The number of carboxylic acids is 1. The average Bonchev–Trinajstić information content (AvgIpc) is 3.17. The van der Waals surface area contributed by atoms with Gasteiger partial charge in [-0.15, -0.1) is 0 Å². The van der Waals surface area contributed by atoms with Gasteiger partial charge in [0.25, 0.3) is 0 Å². The topological polar surface area (TPSA) is 57.8 Å². The molecular formula is C18H15F2N3O2. The highest BCUT2D eigenvalue weighted by molar-refractivity contribution is 5.95. The van der Waals surface area contributed by atoms with Crippen LogP contribution in [0.15, 0.2) is 48.8 Å². The van der Waals surface area contributed by atoms with Crippen LogP contribution in [0.25, 0.3) is 5.52 Å². The Hall–Kier alpha value is -2.96. The van der Waals surface area contributed by atoms with Crippen molar-refractivity contribution in [3.05, 3.63) is 65.7 Å². The van der Waals surface area contributed by atoms with Crippen LogP contribution in [0, 0.1) is 5.82 Å². The lowest BCUT2D eigenvalue weighted by Gasteiger charge is -2.27. The second kappa shape index (κ2) is 5.84. The Morgan fingerprint density at radius 1 is 1.28 bits per heavy atom. The number of rotatable bonds is 3. The van der Waals surface area contributed by atoms with Gasteiger partial charge >= 0.3 is 5.97 Å². The quantitative estimate of drug-likeness (QED) is 0.791. The number of hydrogen-bond acceptors (Lipinski definition) is 3. The second-order valence-electron chi connectivity index (χ2n) is 6.13. The van der Waals surface area contributed by atoms with Crippen molar-refractivity contribution in [3.8, 4) is 0 Å². The van der Waals surface area contributed by atoms with Crippen molar-refractivity contribution in [1.82, 2.24) is 9.61 Å². The number of halogens is 2. The lowest BCUT2D eigenvalue weighted by Crippen LogP contribution is -2.23. The predicted octanol–water partition coefficient (Wildman–Crippen LogP) is 3.46. The van der Waals surface area contributed by atoms with Gasteiger partial charge in [0.2, 0.25) is 0 Å². The first kappa shape index (κ1) is 15.6. The first-order valence-corrected chi connectivity index (χ1v) is 7.90. The van der Waals surface area contributed by atoms with Crippen LogP contribution in [0.4, 0.5) is 14.5 Å². The van der Waals surface area contributed by atoms with Crippen molar-refractivity contribution in [3.63, 3.8) is 0 Å². The molecule has 0 radical (unpaired) electrons. The zero-order valence-electron chi connectivity index (χ0n) is 13.1. The molecule has 3 aromatic rings. The summed E-state index contributed by atoms with van der Waals surface area (Å²) in [5.41, 5.74) is 1.90. The van der Waals surface area contributed by atoms with E-state index in [0.717, 1.165) is 0 Å². The molecule has 1 aromatic carbocycles. The third-order valence-corrected chi connectivity index (χ3v) is 4.55. The number of alkyl halides is 1. The van der Waals surface area contributed by atoms with Gasteiger partial charge in [-0.05, 0) is 29.8 Å². The van der Waals surface area contributed by atoms with Gasteiger partial charge in [0.05, 0.1) is 17.8 Å². The van der Waals surface area contributed by atoms with E-state index < -0.39 is 12.1 Å². The highest BCUT2D eigenvalue weighted by Crippen LogP contribution is 2.38. The molecule has 0 saturated carbocycles. The summed E-state index contributed by atoms with van der Waals surface area (Å²) in [7, 11) is 0. The van der Waals surface area contributed by atoms with Crippen molar-refractivity contribution in [2.24, 2.45) is 0 Å². The Morgan fingerprint density at radius 2 is 2.12 bits per heavy atom. The van der Waals surface area contributed by atoms with Gasteiger partial charge in [0.1, 0.15) is 17.6 Å². The summed E-state index contributed by atoms with van der Waals surface area (Å²) in [5.74, 6) is -1.43. The van der Waals surface area contributed by atoms with Crippen LogP contribution in [0.3, 0.4) is 0 Å². The molecule has 1 aliphatic heterocycles. The highest BCUT2D eigenvalue weighted by atomic mass is 19.1. The fourth-order valence-electron chi connectivity index (χ4n) is 3.41. The summed E-state index contributed by atoms with van der Waals surface area (Å²) < 4.78 is 29.1. The minimum atomic E-state index is -1.07. The number of benzene rings is 1. The molecule has 2 atom stereocenters. The summed E-state index contributed by atoms with van der Waals surface area (Å²) >= 11 is 0. The summed E-state index contributed by atoms with van der Waals surface area (Å²) in [6.45, 7) is 0.174. The molecule has 1 saturated heterocycles. The van der Waals surface area contributed by atoms with E-state index in [2.05, 4.69) is 5.10 Å². The largest absolute Gasteiger partial charge is 0.478 e. The van der Waals surface area contributed by atoms with Crippen molar-refractivity contribution in [2.45, 2.75) is 18.6 Å². The van der Waals surface area contributed by atoms with Crippen LogP contribution in [0.1, 0.15) is 28.4 Å². The molecule has 1 fully saturated rings. The number of carboxylic acid groups (broad SMARTS) is 1. The van der Waals surface area contributed by atoms with E-state index in [1.165, 1.54) is 22.8 Å². The molecule has 1 aliphatic rings. The van der Waals surface area contributed by atoms with Crippen LogP contribution in [-0.4, -0.2) is 33.4 Å². The molecule has 128 valence electrons. The maximum absolute atomic E-state index is 14.1. The summed E-state index contributed by atoms with van der Waals surface area (Å²) in [4.78, 5) is 13.2. The third kappa shape index (κ3) is 2.71. The number of fused-ring (bicyclic) bond motifs is 1. The highest BCUT2D eigenvalue weighted by Gasteiger charge is 2.33. The molecule has 2 aromatic heterocycles. The Kier molecular flexibility index (Phi) is 3.63. The maximum atomic E-state index is 14.1. The van der Waals surface area contributed by atoms with E-state index in [1.54, 1.807) is 30.5 Å². The van der Waals surface area contributed by atoms with Crippen molar-refractivity contribution in [2.75, 3.05) is 11.4 Å². The molecule has 1 unspecified atom stereocenters. The zero-order chi connectivity index (χ0) is 17.6. The number of aromatic nitrogens is 2. The Labute approximate surface area is 142 Å². The molecule has 0 amide bonds. The Bertz CT molecular complexity index is 956. The average molecular weight is 343 g/mol. The van der Waals surface area contributed by atoms with Crippen LogP contribution in [0.5, 0.6) is 0 Å². The number of aromatic carboxylic acids is 1. The summed E-state index contributed by atoms with van der Waals surface area (Å²) in [5, 5.41) is 13.3. The molecule has 1 N–H and O–H groups in total. The van der Waals surface area contributed by atoms with E-state index in [9.17, 15) is 18.7 Å². The lowest BCUT2D eigenvalue weighted by atomic mass is 10.0. The van der Waals surface area contributed by atoms with E-state index in [4.69, 9.17) is 0 Å². The molecular weight excluding hydrogens is 328 g/mol. The fourth-order valence-corrected chi connectivity index (χ4v) is 3.41. The SMILES string of the molecule is O=C(O)c1cnn2ccc(N3C[C@@H](F)CC3c3cccc(F)c3)cc12. The van der Waals surface area contributed by atoms with Gasteiger partial charge in [-0.2, -0.15) is 5.10 Å². The van der Waals surface area contributed by atoms with E-state index in [1.807, 2.05) is 4.90 Å². The number of pyridine rings is 1. The monoisotopic (exact) mass is 343 g/mol. The standard InChI is InChI=1S/C18H15F2N3O2/c19-12-3-1-2-11(6-12)16-7-13(20)10-22(16)14-4-5-23-17(8-14)15(9-21-23)18(24)25/h1-6,8-9,13,16H,7,10H2,(H,24,25)/t13-,16?/m0/s1. The minimum absolute atomic E-state index is 0.0835. The van der Waals surface area contributed by atoms with Gasteiger partial charge in [0, 0.05) is 24.8 Å². The van der Waals surface area contributed by atoms with Gasteiger partial charge < -0.3 is 10.0 Å². The maximum Gasteiger partial charge on any atom is 0.339 e. The smallest absolute Gasteiger partial charge is 0.339 e. The van der Waals surface area contributed by atoms with Crippen LogP contribution >= 0.6 is 0 Å². The molecule has 0 bridgehead atoms. The first-order chi connectivity index (χ1) is 12.0. The van der Waals surface area contributed by atoms with Crippen LogP contribution in [-0.2, 0) is 0 Å². The Balaban J connectivity index is 1.77. The van der Waals surface area contributed by atoms with Gasteiger partial charge in [-0.1, -0.05) is 12.1 Å². The molecule has 0 aliphatic carbocycles. The molecule has 5 nitrogen and oxygen atoms in total. The lowest BCUT2D eigenvalue weighted by molar-refractivity contribution is 0.0699. The summed E-state index contributed by atoms with van der Waals surface area (Å²) in [6, 6.07) is 9.29. The molecule has 4 rings (SSSR count). The van der Waals surface area contributed by atoms with Gasteiger partial charge in [0.15, 0.2) is 0 Å². The number of hydrogen-bond donors (Lipinski definition) is 1. The molecule has 7 heteroatoms. The molecule has 3 heterocycles. The predicted molar refractivity (Wildman–Crippen MR) is 88.2 cm³/mol. The second-order valence-corrected chi connectivity index (χ2v) is 6.13. The number of anilines is 1. The van der Waals surface area contributed by atoms with E-state index >= 15 is 0 Å². The fraction of sp³-hybridized carbons (Fsp3) is 0.222. The first-order valence-electron chi connectivity index (χ1n) is 7.90. The minimum Gasteiger partial charge on any atom is -0.478 e. The molecule has 0 spiro atoms. The molecule has 25 heavy (non-hydrogen) atoms. The van der Waals surface area contributed by atoms with Crippen molar-refractivity contribution in [1.29, 1.82) is 0 Å². The van der Waals surface area contributed by atoms with Crippen LogP contribution in [0.2, 0.25) is 0 Å². The van der Waals surface area contributed by atoms with Gasteiger partial charge in [-0.25, -0.2) is 18.1 Å². The van der Waals surface area contributed by atoms with E-state index in [0.29, 0.717) is 16.8 Å². The van der Waals surface area contributed by atoms with Crippen molar-refractivity contribution < 1.29 is 18.7 Å². The zero-order valence-corrected chi connectivity index (χ0v) is 13.1. The van der Waals surface area contributed by atoms with E-state index in [-0.39, 0.29) is 30.4 Å². The number of carbonyl (C=O) groups is 1. The van der Waals surface area contributed by atoms with Crippen molar-refractivity contribution >= 4 is 17.2 Å². The van der Waals surface area contributed by atoms with Gasteiger partial charge in [-0.3, -0.25) is 0 Å². The number of nitrogens with zero attached hydrogens (tertiary/aromatic N) is 3.